The van der Waals surface area contributed by atoms with Crippen LogP contribution in [0.4, 0.5) is 0 Å². The summed E-state index contributed by atoms with van der Waals surface area (Å²) < 4.78 is 10.8. The van der Waals surface area contributed by atoms with Crippen LogP contribution < -0.4 is 4.74 Å². The van der Waals surface area contributed by atoms with E-state index in [0.717, 1.165) is 30.6 Å². The van der Waals surface area contributed by atoms with Crippen molar-refractivity contribution >= 4 is 28.8 Å². The Labute approximate surface area is 170 Å². The fourth-order valence-electron chi connectivity index (χ4n) is 3.37. The number of carbonyl (C=O) groups is 2. The van der Waals surface area contributed by atoms with Crippen molar-refractivity contribution in [3.63, 3.8) is 0 Å². The Hall–Kier alpha value is -2.28. The van der Waals surface area contributed by atoms with Crippen LogP contribution in [0.15, 0.2) is 40.5 Å². The number of nitrogens with zero attached hydrogens (tertiary/aromatic N) is 2. The summed E-state index contributed by atoms with van der Waals surface area (Å²) in [5.41, 5.74) is 1.83. The maximum atomic E-state index is 12.7. The molecule has 1 unspecified atom stereocenters. The highest BCUT2D eigenvalue weighted by Gasteiger charge is 2.41. The van der Waals surface area contributed by atoms with E-state index in [1.54, 1.807) is 11.8 Å². The first-order valence-corrected chi connectivity index (χ1v) is 10.6. The monoisotopic (exact) mass is 402 g/mol. The molecule has 2 aliphatic heterocycles. The van der Waals surface area contributed by atoms with Crippen LogP contribution in [0.2, 0.25) is 0 Å². The minimum Gasteiger partial charge on any atom is -0.494 e. The third kappa shape index (κ3) is 4.24. The molecule has 2 aliphatic rings. The van der Waals surface area contributed by atoms with Crippen LogP contribution in [0.3, 0.4) is 0 Å². The summed E-state index contributed by atoms with van der Waals surface area (Å²) in [6.07, 6.45) is 3.74. The van der Waals surface area contributed by atoms with Crippen LogP contribution in [0.25, 0.3) is 0 Å². The van der Waals surface area contributed by atoms with Crippen LogP contribution in [0, 0.1) is 0 Å². The number of carbonyl (C=O) groups excluding carboxylic acids is 2. The number of hydrogen-bond acceptors (Lipinski definition) is 6. The molecule has 150 valence electrons. The minimum atomic E-state index is -0.533. The van der Waals surface area contributed by atoms with Crippen LogP contribution in [-0.2, 0) is 14.3 Å². The Morgan fingerprint density at radius 3 is 2.71 bits per heavy atom. The van der Waals surface area contributed by atoms with E-state index in [1.807, 2.05) is 24.3 Å². The number of allylic oxidation sites excluding steroid dienone is 1. The van der Waals surface area contributed by atoms with Crippen molar-refractivity contribution < 1.29 is 19.1 Å². The number of methoxy groups -OCH3 is 1. The molecule has 7 heteroatoms. The summed E-state index contributed by atoms with van der Waals surface area (Å²) in [6.45, 7) is 4.63. The highest BCUT2D eigenvalue weighted by molar-refractivity contribution is 8.14. The van der Waals surface area contributed by atoms with Gasteiger partial charge in [0, 0.05) is 12.2 Å². The van der Waals surface area contributed by atoms with Gasteiger partial charge in [-0.25, -0.2) is 9.79 Å². The van der Waals surface area contributed by atoms with Gasteiger partial charge in [0.25, 0.3) is 0 Å². The van der Waals surface area contributed by atoms with E-state index in [0.29, 0.717) is 35.2 Å². The number of ether oxygens (including phenoxy) is 2. The van der Waals surface area contributed by atoms with Gasteiger partial charge in [-0.1, -0.05) is 43.7 Å². The first kappa shape index (κ1) is 20.5. The molecule has 0 aliphatic carbocycles. The Bertz CT molecular complexity index is 801. The molecule has 0 radical (unpaired) electrons. The molecule has 1 atom stereocenters. The largest absolute Gasteiger partial charge is 0.494 e. The molecule has 0 spiro atoms. The number of unbranched alkanes of at least 4 members (excludes halogenated alkanes) is 2. The molecule has 3 rings (SSSR count). The second-order valence-electron chi connectivity index (χ2n) is 6.77. The quantitative estimate of drug-likeness (QED) is 0.508. The molecule has 28 heavy (non-hydrogen) atoms. The fraction of sp³-hybridized carbons (Fsp3) is 0.476. The van der Waals surface area contributed by atoms with Gasteiger partial charge < -0.3 is 9.47 Å². The number of amidine groups is 1. The molecule has 0 aromatic heterocycles. The topological polar surface area (TPSA) is 68.2 Å². The standard InChI is InChI=1S/C21H26N2O4S/c1-4-5-6-12-27-16-9-7-15(8-10-16)19-18(20(25)26-3)14(2)22-21-23(19)17(24)11-13-28-21/h7-10,19H,4-6,11-13H2,1-3H3. The smallest absolute Gasteiger partial charge is 0.338 e. The molecule has 1 amide bonds. The van der Waals surface area contributed by atoms with Crippen LogP contribution in [0.1, 0.15) is 51.1 Å². The lowest BCUT2D eigenvalue weighted by Gasteiger charge is -2.38. The normalized spacial score (nSPS) is 19.2. The zero-order chi connectivity index (χ0) is 20.1. The van der Waals surface area contributed by atoms with Gasteiger partial charge in [-0.05, 0) is 31.0 Å². The van der Waals surface area contributed by atoms with Gasteiger partial charge in [0.2, 0.25) is 5.91 Å². The van der Waals surface area contributed by atoms with Crippen molar-refractivity contribution in [2.24, 2.45) is 4.99 Å². The fourth-order valence-corrected chi connectivity index (χ4v) is 4.38. The molecule has 0 bridgehead atoms. The molecule has 2 heterocycles. The minimum absolute atomic E-state index is 0.0312. The van der Waals surface area contributed by atoms with Crippen molar-refractivity contribution in [3.05, 3.63) is 41.1 Å². The molecule has 1 fully saturated rings. The highest BCUT2D eigenvalue weighted by Crippen LogP contribution is 2.40. The average molecular weight is 403 g/mol. The Kier molecular flexibility index (Phi) is 6.78. The van der Waals surface area contributed by atoms with Gasteiger partial charge in [-0.2, -0.15) is 0 Å². The summed E-state index contributed by atoms with van der Waals surface area (Å²) in [7, 11) is 1.35. The molecule has 6 nitrogen and oxygen atoms in total. The third-order valence-corrected chi connectivity index (χ3v) is 5.78. The molecule has 1 aromatic carbocycles. The zero-order valence-electron chi connectivity index (χ0n) is 16.6. The van der Waals surface area contributed by atoms with E-state index >= 15 is 0 Å². The van der Waals surface area contributed by atoms with Gasteiger partial charge in [-0.15, -0.1) is 0 Å². The number of benzene rings is 1. The Balaban J connectivity index is 1.91. The van der Waals surface area contributed by atoms with Gasteiger partial charge in [-0.3, -0.25) is 9.69 Å². The van der Waals surface area contributed by atoms with Crippen LogP contribution >= 0.6 is 11.8 Å². The molecule has 1 saturated heterocycles. The first-order valence-electron chi connectivity index (χ1n) is 9.62. The summed E-state index contributed by atoms with van der Waals surface area (Å²) in [4.78, 5) is 31.3. The van der Waals surface area contributed by atoms with Crippen LogP contribution in [0.5, 0.6) is 5.75 Å². The number of thioether (sulfide) groups is 1. The molecular weight excluding hydrogens is 376 g/mol. The van der Waals surface area contributed by atoms with E-state index in [9.17, 15) is 9.59 Å². The van der Waals surface area contributed by atoms with Gasteiger partial charge in [0.15, 0.2) is 5.17 Å². The van der Waals surface area contributed by atoms with E-state index in [1.165, 1.54) is 18.9 Å². The second kappa shape index (κ2) is 9.28. The maximum absolute atomic E-state index is 12.7. The number of rotatable bonds is 7. The summed E-state index contributed by atoms with van der Waals surface area (Å²) in [5, 5.41) is 0.645. The lowest BCUT2D eigenvalue weighted by Crippen LogP contribution is -2.45. The van der Waals surface area contributed by atoms with Crippen molar-refractivity contribution in [3.8, 4) is 5.75 Å². The average Bonchev–Trinajstić information content (AvgIpc) is 2.70. The molecule has 1 aromatic rings. The second-order valence-corrected chi connectivity index (χ2v) is 7.84. The van der Waals surface area contributed by atoms with Crippen molar-refractivity contribution in [2.75, 3.05) is 19.5 Å². The number of hydrogen-bond donors (Lipinski definition) is 0. The predicted octanol–water partition coefficient (Wildman–Crippen LogP) is 4.08. The first-order chi connectivity index (χ1) is 13.6. The third-order valence-electron chi connectivity index (χ3n) is 4.82. The number of esters is 1. The Morgan fingerprint density at radius 2 is 2.04 bits per heavy atom. The zero-order valence-corrected chi connectivity index (χ0v) is 17.4. The van der Waals surface area contributed by atoms with E-state index in [2.05, 4.69) is 11.9 Å². The van der Waals surface area contributed by atoms with Gasteiger partial charge in [0.1, 0.15) is 5.75 Å². The van der Waals surface area contributed by atoms with Gasteiger partial charge >= 0.3 is 5.97 Å². The van der Waals surface area contributed by atoms with E-state index in [4.69, 9.17) is 9.47 Å². The Morgan fingerprint density at radius 1 is 1.29 bits per heavy atom. The van der Waals surface area contributed by atoms with Crippen LogP contribution in [-0.4, -0.2) is 41.4 Å². The van der Waals surface area contributed by atoms with Crippen molar-refractivity contribution in [1.29, 1.82) is 0 Å². The molecule has 0 saturated carbocycles. The van der Waals surface area contributed by atoms with E-state index in [-0.39, 0.29) is 5.91 Å². The number of fused-ring (bicyclic) bond motifs is 1. The lowest BCUT2D eigenvalue weighted by molar-refractivity contribution is -0.137. The summed E-state index contributed by atoms with van der Waals surface area (Å²) in [5.74, 6) is 0.987. The summed E-state index contributed by atoms with van der Waals surface area (Å²) in [6, 6.07) is 7.06. The lowest BCUT2D eigenvalue weighted by atomic mass is 9.94. The van der Waals surface area contributed by atoms with E-state index < -0.39 is 12.0 Å². The number of aliphatic imine (C=N–C) groups is 1. The molecule has 0 N–H and O–H groups in total. The van der Waals surface area contributed by atoms with Crippen molar-refractivity contribution in [1.82, 2.24) is 4.90 Å². The van der Waals surface area contributed by atoms with Crippen molar-refractivity contribution in [2.45, 2.75) is 45.6 Å². The molecular formula is C21H26N2O4S. The predicted molar refractivity (Wildman–Crippen MR) is 110 cm³/mol. The SMILES string of the molecule is CCCCCOc1ccc(C2C(C(=O)OC)=C(C)N=C3SCCC(=O)N32)cc1. The highest BCUT2D eigenvalue weighted by atomic mass is 32.2. The summed E-state index contributed by atoms with van der Waals surface area (Å²) >= 11 is 1.54. The van der Waals surface area contributed by atoms with Gasteiger partial charge in [0.05, 0.1) is 31.0 Å². The maximum Gasteiger partial charge on any atom is 0.338 e. The number of amides is 1.